The van der Waals surface area contributed by atoms with E-state index in [2.05, 4.69) is 43.5 Å². The molecule has 66 heavy (non-hydrogen) atoms. The van der Waals surface area contributed by atoms with Crippen molar-refractivity contribution in [2.24, 2.45) is 0 Å². The average Bonchev–Trinajstić information content (AvgIpc) is 3.32. The van der Waals surface area contributed by atoms with Crippen LogP contribution in [-0.4, -0.2) is 47.4 Å². The van der Waals surface area contributed by atoms with Crippen molar-refractivity contribution in [3.8, 4) is 0 Å². The Labute approximate surface area is 411 Å². The molecule has 0 saturated carbocycles. The fourth-order valence-corrected chi connectivity index (χ4v) is 9.20. The van der Waals surface area contributed by atoms with E-state index in [4.69, 9.17) is 4.74 Å². The summed E-state index contributed by atoms with van der Waals surface area (Å²) in [5.74, 6) is -0.0364. The number of nitrogens with one attached hydrogen (secondary N) is 1. The van der Waals surface area contributed by atoms with Crippen molar-refractivity contribution in [2.45, 2.75) is 334 Å². The van der Waals surface area contributed by atoms with E-state index < -0.39 is 12.1 Å². The Morgan fingerprint density at radius 3 is 1.15 bits per heavy atom. The third-order valence-corrected chi connectivity index (χ3v) is 13.8. The smallest absolute Gasteiger partial charge is 0.305 e. The highest BCUT2D eigenvalue weighted by atomic mass is 16.5. The van der Waals surface area contributed by atoms with Gasteiger partial charge in [0.25, 0.3) is 0 Å². The SMILES string of the molecule is CCCCCCCCCCCCCCCCC(O)C(CO)NC(=O)CCCCCCCCC/C=C\C/C=C\CCCCCCCCCCCOC(=O)CCCCCCCCCCCCCC. The predicted octanol–water partition coefficient (Wildman–Crippen LogP) is 18.2. The predicted molar refractivity (Wildman–Crippen MR) is 287 cm³/mol. The largest absolute Gasteiger partial charge is 0.466 e. The van der Waals surface area contributed by atoms with E-state index in [1.165, 1.54) is 238 Å². The summed E-state index contributed by atoms with van der Waals surface area (Å²) in [6.07, 6.45) is 67.5. The zero-order valence-electron chi connectivity index (χ0n) is 44.4. The van der Waals surface area contributed by atoms with Gasteiger partial charge in [0.15, 0.2) is 0 Å². The minimum absolute atomic E-state index is 0.00788. The number of esters is 1. The van der Waals surface area contributed by atoms with E-state index in [-0.39, 0.29) is 18.5 Å². The third-order valence-electron chi connectivity index (χ3n) is 13.8. The molecule has 0 aliphatic heterocycles. The molecule has 3 N–H and O–H groups in total. The van der Waals surface area contributed by atoms with Gasteiger partial charge in [0.1, 0.15) is 0 Å². The number of carbonyl (C=O) groups is 2. The molecule has 0 rings (SSSR count). The third kappa shape index (κ3) is 51.7. The van der Waals surface area contributed by atoms with E-state index >= 15 is 0 Å². The molecule has 0 aliphatic carbocycles. The summed E-state index contributed by atoms with van der Waals surface area (Å²) < 4.78 is 5.47. The molecule has 2 unspecified atom stereocenters. The second-order valence-corrected chi connectivity index (χ2v) is 20.3. The van der Waals surface area contributed by atoms with E-state index in [1.54, 1.807) is 0 Å². The molecule has 0 saturated heterocycles. The normalized spacial score (nSPS) is 12.7. The average molecular weight is 931 g/mol. The Hall–Kier alpha value is -1.66. The first-order chi connectivity index (χ1) is 32.5. The van der Waals surface area contributed by atoms with Gasteiger partial charge in [-0.05, 0) is 57.8 Å². The second kappa shape index (κ2) is 55.9. The van der Waals surface area contributed by atoms with Gasteiger partial charge < -0.3 is 20.3 Å². The van der Waals surface area contributed by atoms with Crippen LogP contribution in [0.3, 0.4) is 0 Å². The molecular formula is C60H115NO5. The number of hydrogen-bond donors (Lipinski definition) is 3. The van der Waals surface area contributed by atoms with Crippen molar-refractivity contribution in [3.05, 3.63) is 24.3 Å². The van der Waals surface area contributed by atoms with Gasteiger partial charge in [-0.1, -0.05) is 276 Å². The molecule has 0 radical (unpaired) electrons. The molecule has 0 aliphatic rings. The van der Waals surface area contributed by atoms with Crippen LogP contribution >= 0.6 is 0 Å². The summed E-state index contributed by atoms with van der Waals surface area (Å²) >= 11 is 0. The molecule has 1 amide bonds. The maximum atomic E-state index is 12.5. The Balaban J connectivity index is 3.44. The number of ether oxygens (including phenoxy) is 1. The van der Waals surface area contributed by atoms with Gasteiger partial charge in [-0.25, -0.2) is 0 Å². The lowest BCUT2D eigenvalue weighted by Gasteiger charge is -2.22. The van der Waals surface area contributed by atoms with Crippen LogP contribution in [0.1, 0.15) is 322 Å². The molecule has 2 atom stereocenters. The number of hydrogen-bond acceptors (Lipinski definition) is 5. The number of amides is 1. The van der Waals surface area contributed by atoms with Crippen LogP contribution in [0.4, 0.5) is 0 Å². The highest BCUT2D eigenvalue weighted by Crippen LogP contribution is 2.17. The summed E-state index contributed by atoms with van der Waals surface area (Å²) in [6.45, 7) is 4.95. The Morgan fingerprint density at radius 1 is 0.424 bits per heavy atom. The minimum Gasteiger partial charge on any atom is -0.466 e. The van der Waals surface area contributed by atoms with E-state index in [1.807, 2.05) is 0 Å². The first-order valence-corrected chi connectivity index (χ1v) is 29.6. The topological polar surface area (TPSA) is 95.9 Å². The number of rotatable bonds is 55. The van der Waals surface area contributed by atoms with Crippen LogP contribution < -0.4 is 5.32 Å². The van der Waals surface area contributed by atoms with E-state index in [0.717, 1.165) is 51.4 Å². The molecule has 0 bridgehead atoms. The van der Waals surface area contributed by atoms with Gasteiger partial charge in [0, 0.05) is 12.8 Å². The van der Waals surface area contributed by atoms with Gasteiger partial charge in [0.2, 0.25) is 5.91 Å². The van der Waals surface area contributed by atoms with Crippen molar-refractivity contribution in [2.75, 3.05) is 13.2 Å². The Morgan fingerprint density at radius 2 is 0.758 bits per heavy atom. The van der Waals surface area contributed by atoms with Crippen LogP contribution in [-0.2, 0) is 14.3 Å². The maximum Gasteiger partial charge on any atom is 0.305 e. The van der Waals surface area contributed by atoms with Gasteiger partial charge in [0.05, 0.1) is 25.4 Å². The Bertz CT molecular complexity index is 1030. The monoisotopic (exact) mass is 930 g/mol. The van der Waals surface area contributed by atoms with Crippen LogP contribution in [0, 0.1) is 0 Å². The number of carbonyl (C=O) groups excluding carboxylic acids is 2. The van der Waals surface area contributed by atoms with Crippen molar-refractivity contribution in [1.29, 1.82) is 0 Å². The standard InChI is InChI=1S/C60H115NO5/c1-3-5-7-9-11-13-15-17-29-32-36-40-44-48-52-58(63)57(56-62)61-59(64)53-49-45-41-37-33-30-27-25-23-21-19-18-20-22-24-26-28-31-35-39-43-47-51-55-66-60(65)54-50-46-42-38-34-16-14-12-10-8-6-4-2/h18,20-21,23,57-58,62-63H,3-17,19,22,24-56H2,1-2H3,(H,61,64)/b20-18-,23-21-. The van der Waals surface area contributed by atoms with Crippen LogP contribution in [0.2, 0.25) is 0 Å². The highest BCUT2D eigenvalue weighted by molar-refractivity contribution is 5.76. The lowest BCUT2D eigenvalue weighted by atomic mass is 10.0. The van der Waals surface area contributed by atoms with Crippen LogP contribution in [0.5, 0.6) is 0 Å². The lowest BCUT2D eigenvalue weighted by Crippen LogP contribution is -2.45. The fraction of sp³-hybridized carbons (Fsp3) is 0.900. The summed E-state index contributed by atoms with van der Waals surface area (Å²) in [6, 6.07) is -0.548. The zero-order chi connectivity index (χ0) is 47.9. The highest BCUT2D eigenvalue weighted by Gasteiger charge is 2.20. The number of allylic oxidation sites excluding steroid dienone is 4. The van der Waals surface area contributed by atoms with Crippen LogP contribution in [0.25, 0.3) is 0 Å². The molecule has 0 heterocycles. The first kappa shape index (κ1) is 64.3. The molecule has 0 aromatic rings. The van der Waals surface area contributed by atoms with Crippen molar-refractivity contribution < 1.29 is 24.5 Å². The summed E-state index contributed by atoms with van der Waals surface area (Å²) in [5.41, 5.74) is 0. The molecule has 0 aromatic heterocycles. The van der Waals surface area contributed by atoms with Crippen molar-refractivity contribution in [1.82, 2.24) is 5.32 Å². The van der Waals surface area contributed by atoms with Crippen LogP contribution in [0.15, 0.2) is 24.3 Å². The van der Waals surface area contributed by atoms with Gasteiger partial charge in [-0.3, -0.25) is 9.59 Å². The number of unbranched alkanes of at least 4 members (excludes halogenated alkanes) is 40. The molecule has 0 aromatic carbocycles. The van der Waals surface area contributed by atoms with E-state index in [0.29, 0.717) is 25.9 Å². The molecule has 390 valence electrons. The molecule has 6 heteroatoms. The summed E-state index contributed by atoms with van der Waals surface area (Å²) in [7, 11) is 0. The number of aliphatic hydroxyl groups excluding tert-OH is 2. The second-order valence-electron chi connectivity index (χ2n) is 20.3. The molecule has 6 nitrogen and oxygen atoms in total. The maximum absolute atomic E-state index is 12.5. The van der Waals surface area contributed by atoms with Gasteiger partial charge in [-0.2, -0.15) is 0 Å². The van der Waals surface area contributed by atoms with Crippen molar-refractivity contribution in [3.63, 3.8) is 0 Å². The zero-order valence-corrected chi connectivity index (χ0v) is 44.4. The molecular weight excluding hydrogens is 815 g/mol. The molecule has 0 spiro atoms. The summed E-state index contributed by atoms with van der Waals surface area (Å²) in [4.78, 5) is 24.5. The number of aliphatic hydroxyl groups is 2. The Kier molecular flexibility index (Phi) is 54.5. The fourth-order valence-electron chi connectivity index (χ4n) is 9.20. The minimum atomic E-state index is -0.670. The lowest BCUT2D eigenvalue weighted by molar-refractivity contribution is -0.143. The summed E-state index contributed by atoms with van der Waals surface area (Å²) in [5, 5.41) is 23.2. The quantitative estimate of drug-likeness (QED) is 0.0321. The molecule has 0 fully saturated rings. The van der Waals surface area contributed by atoms with Gasteiger partial charge in [-0.15, -0.1) is 0 Å². The first-order valence-electron chi connectivity index (χ1n) is 29.6. The van der Waals surface area contributed by atoms with Gasteiger partial charge >= 0.3 is 5.97 Å². The van der Waals surface area contributed by atoms with E-state index in [9.17, 15) is 19.8 Å². The van der Waals surface area contributed by atoms with Crippen molar-refractivity contribution >= 4 is 11.9 Å².